The average molecular weight is 252 g/mol. The number of ether oxygens (including phenoxy) is 1. The summed E-state index contributed by atoms with van der Waals surface area (Å²) in [7, 11) is 1.72. The van der Waals surface area contributed by atoms with E-state index in [-0.39, 0.29) is 6.61 Å². The van der Waals surface area contributed by atoms with Crippen molar-refractivity contribution in [2.45, 2.75) is 19.6 Å². The van der Waals surface area contributed by atoms with E-state index in [0.29, 0.717) is 6.54 Å². The number of methoxy groups -OCH3 is 1. The van der Waals surface area contributed by atoms with Gasteiger partial charge in [-0.15, -0.1) is 0 Å². The van der Waals surface area contributed by atoms with Gasteiger partial charge in [0, 0.05) is 20.2 Å². The summed E-state index contributed by atoms with van der Waals surface area (Å²) in [5.74, 6) is 0. The molecule has 4 heteroatoms. The van der Waals surface area contributed by atoms with E-state index in [2.05, 4.69) is 17.0 Å². The molecule has 0 aromatic heterocycles. The van der Waals surface area contributed by atoms with Crippen LogP contribution in [0.25, 0.3) is 0 Å². The highest BCUT2D eigenvalue weighted by atomic mass is 16.5. The van der Waals surface area contributed by atoms with E-state index in [1.165, 1.54) is 5.56 Å². The summed E-state index contributed by atoms with van der Waals surface area (Å²) in [6.07, 6.45) is 0.998. The van der Waals surface area contributed by atoms with Crippen molar-refractivity contribution in [2.24, 2.45) is 5.73 Å². The lowest BCUT2D eigenvalue weighted by atomic mass is 10.1. The van der Waals surface area contributed by atoms with Crippen LogP contribution >= 0.6 is 0 Å². The fourth-order valence-corrected chi connectivity index (χ4v) is 1.81. The molecule has 0 aliphatic heterocycles. The van der Waals surface area contributed by atoms with Crippen molar-refractivity contribution in [3.8, 4) is 0 Å². The first-order valence-electron chi connectivity index (χ1n) is 6.40. The Morgan fingerprint density at radius 2 is 1.83 bits per heavy atom. The third kappa shape index (κ3) is 5.60. The van der Waals surface area contributed by atoms with E-state index in [1.54, 1.807) is 7.11 Å². The molecule has 0 radical (unpaired) electrons. The second kappa shape index (κ2) is 9.05. The van der Waals surface area contributed by atoms with Crippen molar-refractivity contribution >= 4 is 0 Å². The quantitative estimate of drug-likeness (QED) is 0.688. The van der Waals surface area contributed by atoms with E-state index in [1.807, 2.05) is 12.1 Å². The molecule has 0 heterocycles. The van der Waals surface area contributed by atoms with Crippen LogP contribution < -0.4 is 5.73 Å². The van der Waals surface area contributed by atoms with Crippen molar-refractivity contribution in [1.29, 1.82) is 0 Å². The first-order valence-corrected chi connectivity index (χ1v) is 6.40. The van der Waals surface area contributed by atoms with Gasteiger partial charge in [0.15, 0.2) is 0 Å². The molecule has 0 saturated heterocycles. The van der Waals surface area contributed by atoms with Gasteiger partial charge in [0.05, 0.1) is 13.2 Å². The molecule has 0 aliphatic rings. The summed E-state index contributed by atoms with van der Waals surface area (Å²) in [6.45, 7) is 4.35. The third-order valence-corrected chi connectivity index (χ3v) is 2.90. The van der Waals surface area contributed by atoms with Crippen LogP contribution in [0.5, 0.6) is 0 Å². The largest absolute Gasteiger partial charge is 0.392 e. The smallest absolute Gasteiger partial charge is 0.0681 e. The third-order valence-electron chi connectivity index (χ3n) is 2.90. The molecule has 0 atom stereocenters. The highest BCUT2D eigenvalue weighted by Gasteiger charge is 2.05. The van der Waals surface area contributed by atoms with Crippen LogP contribution in [0.3, 0.4) is 0 Å². The lowest BCUT2D eigenvalue weighted by Gasteiger charge is -2.21. The first-order chi connectivity index (χ1) is 8.80. The molecule has 0 bridgehead atoms. The number of nitrogens with zero attached hydrogens (tertiary/aromatic N) is 1. The number of aliphatic hydroxyl groups excluding tert-OH is 1. The summed E-state index contributed by atoms with van der Waals surface area (Å²) in [5, 5.41) is 9.00. The van der Waals surface area contributed by atoms with E-state index >= 15 is 0 Å². The Kier molecular flexibility index (Phi) is 7.60. The Bertz CT molecular complexity index is 306. The molecule has 0 saturated carbocycles. The van der Waals surface area contributed by atoms with E-state index in [9.17, 15) is 0 Å². The second-order valence-corrected chi connectivity index (χ2v) is 4.39. The zero-order valence-electron chi connectivity index (χ0n) is 11.1. The molecule has 18 heavy (non-hydrogen) atoms. The molecule has 1 aromatic carbocycles. The predicted octanol–water partition coefficient (Wildman–Crippen LogP) is 0.976. The molecule has 4 nitrogen and oxygen atoms in total. The Hall–Kier alpha value is -0.940. The van der Waals surface area contributed by atoms with Crippen LogP contribution in [0.2, 0.25) is 0 Å². The molecule has 102 valence electrons. The number of rotatable bonds is 9. The standard InChI is InChI=1S/C14H24N2O2/c1-18-10-9-16(8-2-7-15)11-13-3-5-14(12-17)6-4-13/h3-6,17H,2,7-12,15H2,1H3. The van der Waals surface area contributed by atoms with Crippen molar-refractivity contribution in [2.75, 3.05) is 33.4 Å². The predicted molar refractivity (Wildman–Crippen MR) is 73.2 cm³/mol. The zero-order valence-corrected chi connectivity index (χ0v) is 11.1. The van der Waals surface area contributed by atoms with Gasteiger partial charge in [0.25, 0.3) is 0 Å². The Labute approximate surface area is 109 Å². The van der Waals surface area contributed by atoms with Crippen LogP contribution in [0.4, 0.5) is 0 Å². The van der Waals surface area contributed by atoms with Gasteiger partial charge in [0.1, 0.15) is 0 Å². The molecular formula is C14H24N2O2. The second-order valence-electron chi connectivity index (χ2n) is 4.39. The van der Waals surface area contributed by atoms with Crippen LogP contribution in [0.15, 0.2) is 24.3 Å². The van der Waals surface area contributed by atoms with E-state index in [0.717, 1.165) is 38.2 Å². The number of benzene rings is 1. The van der Waals surface area contributed by atoms with Crippen LogP contribution in [-0.4, -0.2) is 43.4 Å². The lowest BCUT2D eigenvalue weighted by molar-refractivity contribution is 0.143. The average Bonchev–Trinajstić information content (AvgIpc) is 2.42. The Balaban J connectivity index is 2.51. The molecule has 0 fully saturated rings. The highest BCUT2D eigenvalue weighted by molar-refractivity contribution is 5.21. The van der Waals surface area contributed by atoms with Gasteiger partial charge in [-0.05, 0) is 30.6 Å². The maximum atomic E-state index is 9.00. The minimum absolute atomic E-state index is 0.0981. The van der Waals surface area contributed by atoms with Gasteiger partial charge in [0.2, 0.25) is 0 Å². The molecule has 0 spiro atoms. The maximum Gasteiger partial charge on any atom is 0.0681 e. The number of nitrogens with two attached hydrogens (primary N) is 1. The Morgan fingerprint density at radius 1 is 1.17 bits per heavy atom. The van der Waals surface area contributed by atoms with Gasteiger partial charge in [-0.25, -0.2) is 0 Å². The molecule has 0 aliphatic carbocycles. The van der Waals surface area contributed by atoms with Crippen LogP contribution in [0.1, 0.15) is 17.5 Å². The molecule has 0 amide bonds. The minimum atomic E-state index is 0.0981. The SMILES string of the molecule is COCCN(CCCN)Cc1ccc(CO)cc1. The van der Waals surface area contributed by atoms with Crippen LogP contribution in [-0.2, 0) is 17.9 Å². The van der Waals surface area contributed by atoms with Crippen molar-refractivity contribution < 1.29 is 9.84 Å². The monoisotopic (exact) mass is 252 g/mol. The van der Waals surface area contributed by atoms with Crippen molar-refractivity contribution in [1.82, 2.24) is 4.90 Å². The molecule has 3 N–H and O–H groups in total. The van der Waals surface area contributed by atoms with Crippen molar-refractivity contribution in [3.05, 3.63) is 35.4 Å². The summed E-state index contributed by atoms with van der Waals surface area (Å²) < 4.78 is 5.12. The van der Waals surface area contributed by atoms with Crippen LogP contribution in [0, 0.1) is 0 Å². The molecule has 0 unspecified atom stereocenters. The van der Waals surface area contributed by atoms with E-state index in [4.69, 9.17) is 15.6 Å². The molecule has 1 rings (SSSR count). The van der Waals surface area contributed by atoms with Gasteiger partial charge < -0.3 is 15.6 Å². The zero-order chi connectivity index (χ0) is 13.2. The number of hydrogen-bond donors (Lipinski definition) is 2. The van der Waals surface area contributed by atoms with Gasteiger partial charge in [-0.3, -0.25) is 4.90 Å². The summed E-state index contributed by atoms with van der Waals surface area (Å²) in [5.41, 5.74) is 7.75. The molecular weight excluding hydrogens is 228 g/mol. The maximum absolute atomic E-state index is 9.00. The van der Waals surface area contributed by atoms with Gasteiger partial charge in [-0.2, -0.15) is 0 Å². The lowest BCUT2D eigenvalue weighted by Crippen LogP contribution is -2.29. The normalized spacial score (nSPS) is 11.1. The minimum Gasteiger partial charge on any atom is -0.392 e. The summed E-state index contributed by atoms with van der Waals surface area (Å²) >= 11 is 0. The van der Waals surface area contributed by atoms with Gasteiger partial charge >= 0.3 is 0 Å². The molecule has 1 aromatic rings. The number of hydrogen-bond acceptors (Lipinski definition) is 4. The number of aliphatic hydroxyl groups is 1. The summed E-state index contributed by atoms with van der Waals surface area (Å²) in [6, 6.07) is 8.06. The van der Waals surface area contributed by atoms with E-state index < -0.39 is 0 Å². The first kappa shape index (κ1) is 15.1. The van der Waals surface area contributed by atoms with Crippen molar-refractivity contribution in [3.63, 3.8) is 0 Å². The highest BCUT2D eigenvalue weighted by Crippen LogP contribution is 2.08. The van der Waals surface area contributed by atoms with Gasteiger partial charge in [-0.1, -0.05) is 24.3 Å². The topological polar surface area (TPSA) is 58.7 Å². The fraction of sp³-hybridized carbons (Fsp3) is 0.571. The Morgan fingerprint density at radius 3 is 2.39 bits per heavy atom. The summed E-state index contributed by atoms with van der Waals surface area (Å²) in [4.78, 5) is 2.34. The fourth-order valence-electron chi connectivity index (χ4n) is 1.81.